The molecule has 3 rings (SSSR count). The Labute approximate surface area is 157 Å². The summed E-state index contributed by atoms with van der Waals surface area (Å²) in [5.41, 5.74) is 7.11. The van der Waals surface area contributed by atoms with Gasteiger partial charge in [0.15, 0.2) is 0 Å². The molecular weight excluding hydrogens is 320 g/mol. The van der Waals surface area contributed by atoms with E-state index in [0.29, 0.717) is 0 Å². The summed E-state index contributed by atoms with van der Waals surface area (Å²) in [4.78, 5) is 12.8. The van der Waals surface area contributed by atoms with Crippen molar-refractivity contribution >= 4 is 5.97 Å². The van der Waals surface area contributed by atoms with Gasteiger partial charge in [-0.25, -0.2) is 0 Å². The maximum absolute atomic E-state index is 12.8. The molecule has 0 amide bonds. The van der Waals surface area contributed by atoms with Crippen LogP contribution in [0.15, 0.2) is 30.3 Å². The number of esters is 1. The number of rotatable bonds is 7. The van der Waals surface area contributed by atoms with Crippen molar-refractivity contribution in [1.82, 2.24) is 0 Å². The molecule has 1 aliphatic rings. The molecule has 0 fully saturated rings. The smallest absolute Gasteiger partial charge is 0.323 e. The van der Waals surface area contributed by atoms with Crippen molar-refractivity contribution in [2.45, 2.75) is 72.1 Å². The third kappa shape index (κ3) is 3.56. The molecule has 26 heavy (non-hydrogen) atoms. The molecule has 0 saturated heterocycles. The van der Waals surface area contributed by atoms with Crippen molar-refractivity contribution in [2.75, 3.05) is 0 Å². The van der Waals surface area contributed by atoms with Crippen molar-refractivity contribution in [3.63, 3.8) is 0 Å². The molecule has 138 valence electrons. The summed E-state index contributed by atoms with van der Waals surface area (Å²) < 4.78 is 5.82. The van der Waals surface area contributed by atoms with E-state index in [1.165, 1.54) is 35.1 Å². The van der Waals surface area contributed by atoms with Gasteiger partial charge < -0.3 is 4.74 Å². The molecule has 1 atom stereocenters. The van der Waals surface area contributed by atoms with E-state index < -0.39 is 0 Å². The number of hydrogen-bond donors (Lipinski definition) is 0. The molecule has 0 radical (unpaired) electrons. The Morgan fingerprint density at radius 2 is 1.69 bits per heavy atom. The van der Waals surface area contributed by atoms with Crippen LogP contribution in [-0.4, -0.2) is 5.97 Å². The van der Waals surface area contributed by atoms with E-state index in [9.17, 15) is 4.79 Å². The highest BCUT2D eigenvalue weighted by Gasteiger charge is 2.37. The Morgan fingerprint density at radius 1 is 0.962 bits per heavy atom. The summed E-state index contributed by atoms with van der Waals surface area (Å²) in [7, 11) is 0. The van der Waals surface area contributed by atoms with E-state index in [0.717, 1.165) is 42.6 Å². The minimum Gasteiger partial charge on any atom is -0.425 e. The number of carbonyl (C=O) groups excluding carboxylic acids is 1. The third-order valence-corrected chi connectivity index (χ3v) is 5.58. The van der Waals surface area contributed by atoms with Crippen molar-refractivity contribution < 1.29 is 9.53 Å². The van der Waals surface area contributed by atoms with Crippen LogP contribution in [0.3, 0.4) is 0 Å². The van der Waals surface area contributed by atoms with Crippen LogP contribution in [0.4, 0.5) is 0 Å². The van der Waals surface area contributed by atoms with Crippen LogP contribution in [-0.2, 0) is 17.6 Å². The van der Waals surface area contributed by atoms with Gasteiger partial charge in [0.25, 0.3) is 0 Å². The lowest BCUT2D eigenvalue weighted by Gasteiger charge is -2.15. The average molecular weight is 351 g/mol. The Balaban J connectivity index is 2.09. The summed E-state index contributed by atoms with van der Waals surface area (Å²) >= 11 is 0. The Kier molecular flexibility index (Phi) is 5.80. The van der Waals surface area contributed by atoms with Gasteiger partial charge in [0.1, 0.15) is 11.7 Å². The lowest BCUT2D eigenvalue weighted by Crippen LogP contribution is -2.13. The highest BCUT2D eigenvalue weighted by molar-refractivity contribution is 5.90. The minimum atomic E-state index is -0.285. The number of unbranched alkanes of at least 4 members (excludes halogenated alkanes) is 2. The molecule has 1 aliphatic heterocycles. The Morgan fingerprint density at radius 3 is 2.42 bits per heavy atom. The number of fused-ring (bicyclic) bond motifs is 1. The fourth-order valence-corrected chi connectivity index (χ4v) is 3.87. The predicted molar refractivity (Wildman–Crippen MR) is 107 cm³/mol. The van der Waals surface area contributed by atoms with Crippen LogP contribution in [0, 0.1) is 13.8 Å². The molecule has 0 N–H and O–H groups in total. The van der Waals surface area contributed by atoms with E-state index in [-0.39, 0.29) is 11.9 Å². The lowest BCUT2D eigenvalue weighted by atomic mass is 9.85. The molecule has 0 saturated carbocycles. The second-order valence-electron chi connectivity index (χ2n) is 7.52. The number of benzene rings is 2. The first-order chi connectivity index (χ1) is 12.6. The van der Waals surface area contributed by atoms with Gasteiger partial charge in [-0.15, -0.1) is 0 Å². The van der Waals surface area contributed by atoms with E-state index in [4.69, 9.17) is 4.74 Å². The monoisotopic (exact) mass is 350 g/mol. The second-order valence-corrected chi connectivity index (χ2v) is 7.52. The number of hydrogen-bond acceptors (Lipinski definition) is 2. The summed E-state index contributed by atoms with van der Waals surface area (Å²) in [5.74, 6) is 0.417. The number of carbonyl (C=O) groups is 1. The van der Waals surface area contributed by atoms with Crippen molar-refractivity contribution in [2.24, 2.45) is 0 Å². The molecule has 0 spiro atoms. The van der Waals surface area contributed by atoms with Gasteiger partial charge >= 0.3 is 5.97 Å². The summed E-state index contributed by atoms with van der Waals surface area (Å²) in [6.45, 7) is 8.63. The predicted octanol–water partition coefficient (Wildman–Crippen LogP) is 6.04. The van der Waals surface area contributed by atoms with Crippen molar-refractivity contribution in [3.05, 3.63) is 63.7 Å². The van der Waals surface area contributed by atoms with Gasteiger partial charge in [0.2, 0.25) is 0 Å². The van der Waals surface area contributed by atoms with Crippen LogP contribution in [0.1, 0.15) is 78.8 Å². The Bertz CT molecular complexity index is 804. The SMILES string of the molecule is CCCCc1cc(CCCC)c2c(c1)C(c1cccc(C)c1C)C(=O)O2. The zero-order valence-corrected chi connectivity index (χ0v) is 16.5. The molecule has 1 heterocycles. The first kappa shape index (κ1) is 18.7. The summed E-state index contributed by atoms with van der Waals surface area (Å²) in [6, 6.07) is 10.7. The van der Waals surface area contributed by atoms with E-state index in [2.05, 4.69) is 52.0 Å². The molecule has 1 unspecified atom stereocenters. The molecule has 2 aromatic rings. The zero-order chi connectivity index (χ0) is 18.7. The first-order valence-corrected chi connectivity index (χ1v) is 10.00. The lowest BCUT2D eigenvalue weighted by molar-refractivity contribution is -0.133. The Hall–Kier alpha value is -2.09. The fraction of sp³-hybridized carbons (Fsp3) is 0.458. The maximum Gasteiger partial charge on any atom is 0.323 e. The summed E-state index contributed by atoms with van der Waals surface area (Å²) in [5, 5.41) is 0. The number of aryl methyl sites for hydroxylation is 3. The van der Waals surface area contributed by atoms with Crippen molar-refractivity contribution in [1.29, 1.82) is 0 Å². The van der Waals surface area contributed by atoms with Crippen LogP contribution in [0.5, 0.6) is 5.75 Å². The quantitative estimate of drug-likeness (QED) is 0.449. The zero-order valence-electron chi connectivity index (χ0n) is 16.5. The van der Waals surface area contributed by atoms with Gasteiger partial charge in [-0.05, 0) is 67.3 Å². The van der Waals surface area contributed by atoms with Gasteiger partial charge in [-0.2, -0.15) is 0 Å². The van der Waals surface area contributed by atoms with Crippen LogP contribution >= 0.6 is 0 Å². The van der Waals surface area contributed by atoms with E-state index in [1.54, 1.807) is 0 Å². The largest absolute Gasteiger partial charge is 0.425 e. The molecular formula is C24H30O2. The normalized spacial score (nSPS) is 15.8. The minimum absolute atomic E-state index is 0.126. The highest BCUT2D eigenvalue weighted by atomic mass is 16.5. The van der Waals surface area contributed by atoms with Crippen LogP contribution < -0.4 is 4.74 Å². The molecule has 2 nitrogen and oxygen atoms in total. The topological polar surface area (TPSA) is 26.3 Å². The average Bonchev–Trinajstić information content (AvgIpc) is 2.96. The molecule has 0 bridgehead atoms. The maximum atomic E-state index is 12.8. The van der Waals surface area contributed by atoms with Gasteiger partial charge in [0, 0.05) is 5.56 Å². The van der Waals surface area contributed by atoms with Crippen LogP contribution in [0.25, 0.3) is 0 Å². The first-order valence-electron chi connectivity index (χ1n) is 10.00. The molecule has 2 aromatic carbocycles. The highest BCUT2D eigenvalue weighted by Crippen LogP contribution is 2.44. The van der Waals surface area contributed by atoms with Gasteiger partial charge in [0.05, 0.1) is 0 Å². The van der Waals surface area contributed by atoms with Crippen molar-refractivity contribution in [3.8, 4) is 5.75 Å². The van der Waals surface area contributed by atoms with E-state index >= 15 is 0 Å². The summed E-state index contributed by atoms with van der Waals surface area (Å²) in [6.07, 6.45) is 6.66. The standard InChI is InChI=1S/C24H30O2/c1-5-7-11-18-14-19(12-8-6-2)23-21(15-18)22(24(25)26-23)20-13-9-10-16(3)17(20)4/h9-10,13-15,22H,5-8,11-12H2,1-4H3. The molecule has 0 aliphatic carbocycles. The van der Waals surface area contributed by atoms with Gasteiger partial charge in [-0.1, -0.05) is 57.0 Å². The third-order valence-electron chi connectivity index (χ3n) is 5.58. The van der Waals surface area contributed by atoms with Gasteiger partial charge in [-0.3, -0.25) is 4.79 Å². The number of ether oxygens (including phenoxy) is 1. The fourth-order valence-electron chi connectivity index (χ4n) is 3.87. The molecule has 2 heteroatoms. The van der Waals surface area contributed by atoms with Crippen LogP contribution in [0.2, 0.25) is 0 Å². The second kappa shape index (κ2) is 8.07. The molecule has 0 aromatic heterocycles. The van der Waals surface area contributed by atoms with E-state index in [1.807, 2.05) is 6.07 Å².